The van der Waals surface area contributed by atoms with E-state index in [4.69, 9.17) is 5.73 Å². The molecule has 1 unspecified atom stereocenters. The molecule has 0 saturated carbocycles. The van der Waals surface area contributed by atoms with Gasteiger partial charge in [0.15, 0.2) is 0 Å². The smallest absolute Gasteiger partial charge is 0.293 e. The standard InChI is InChI=1S/C13H19N3O3/c1-4-5-10(14)13(17)15-11-6-8(2)9(3)7-12(11)16(18)19/h6-7,10H,4-5,14H2,1-3H3,(H,15,17). The van der Waals surface area contributed by atoms with Gasteiger partial charge in [-0.25, -0.2) is 0 Å². The van der Waals surface area contributed by atoms with Crippen molar-refractivity contribution in [2.24, 2.45) is 5.73 Å². The number of aryl methyl sites for hydroxylation is 2. The largest absolute Gasteiger partial charge is 0.320 e. The van der Waals surface area contributed by atoms with Gasteiger partial charge in [-0.05, 0) is 37.5 Å². The van der Waals surface area contributed by atoms with E-state index in [1.54, 1.807) is 13.0 Å². The Kier molecular flexibility index (Phi) is 5.00. The molecule has 0 heterocycles. The number of nitro benzene ring substituents is 1. The van der Waals surface area contributed by atoms with E-state index in [-0.39, 0.29) is 11.4 Å². The van der Waals surface area contributed by atoms with Crippen molar-refractivity contribution in [3.05, 3.63) is 33.4 Å². The maximum absolute atomic E-state index is 11.8. The topological polar surface area (TPSA) is 98.3 Å². The Labute approximate surface area is 112 Å². The molecule has 0 aliphatic heterocycles. The van der Waals surface area contributed by atoms with Crippen molar-refractivity contribution >= 4 is 17.3 Å². The summed E-state index contributed by atoms with van der Waals surface area (Å²) in [6.07, 6.45) is 1.33. The molecule has 0 bridgehead atoms. The average Bonchev–Trinajstić information content (AvgIpc) is 2.33. The summed E-state index contributed by atoms with van der Waals surface area (Å²) in [5, 5.41) is 13.5. The molecule has 0 saturated heterocycles. The number of nitro groups is 1. The predicted molar refractivity (Wildman–Crippen MR) is 74.1 cm³/mol. The quantitative estimate of drug-likeness (QED) is 0.630. The van der Waals surface area contributed by atoms with Gasteiger partial charge in [-0.3, -0.25) is 14.9 Å². The molecule has 6 heteroatoms. The van der Waals surface area contributed by atoms with Crippen molar-refractivity contribution in [1.29, 1.82) is 0 Å². The lowest BCUT2D eigenvalue weighted by molar-refractivity contribution is -0.384. The van der Waals surface area contributed by atoms with E-state index in [0.717, 1.165) is 17.5 Å². The second kappa shape index (κ2) is 6.29. The molecule has 1 rings (SSSR count). The van der Waals surface area contributed by atoms with Crippen LogP contribution < -0.4 is 11.1 Å². The van der Waals surface area contributed by atoms with Crippen LogP contribution in [0.5, 0.6) is 0 Å². The van der Waals surface area contributed by atoms with Crippen LogP contribution in [0, 0.1) is 24.0 Å². The number of rotatable bonds is 5. The molecule has 0 fully saturated rings. The van der Waals surface area contributed by atoms with Crippen LogP contribution in [0.1, 0.15) is 30.9 Å². The van der Waals surface area contributed by atoms with Crippen LogP contribution in [-0.2, 0) is 4.79 Å². The predicted octanol–water partition coefficient (Wildman–Crippen LogP) is 2.28. The molecule has 3 N–H and O–H groups in total. The Morgan fingerprint density at radius 2 is 2.00 bits per heavy atom. The molecule has 0 aliphatic carbocycles. The highest BCUT2D eigenvalue weighted by Crippen LogP contribution is 2.28. The molecule has 19 heavy (non-hydrogen) atoms. The number of nitrogens with zero attached hydrogens (tertiary/aromatic N) is 1. The molecule has 6 nitrogen and oxygen atoms in total. The Balaban J connectivity index is 3.03. The Hall–Kier alpha value is -1.95. The lowest BCUT2D eigenvalue weighted by Gasteiger charge is -2.12. The number of carbonyl (C=O) groups excluding carboxylic acids is 1. The number of nitrogens with two attached hydrogens (primary N) is 1. The van der Waals surface area contributed by atoms with E-state index in [9.17, 15) is 14.9 Å². The van der Waals surface area contributed by atoms with E-state index in [1.807, 2.05) is 13.8 Å². The number of hydrogen-bond donors (Lipinski definition) is 2. The van der Waals surface area contributed by atoms with Crippen LogP contribution in [0.2, 0.25) is 0 Å². The van der Waals surface area contributed by atoms with Gasteiger partial charge in [0.25, 0.3) is 5.69 Å². The average molecular weight is 265 g/mol. The fourth-order valence-electron chi connectivity index (χ4n) is 1.72. The lowest BCUT2D eigenvalue weighted by atomic mass is 10.1. The van der Waals surface area contributed by atoms with Gasteiger partial charge < -0.3 is 11.1 Å². The van der Waals surface area contributed by atoms with E-state index >= 15 is 0 Å². The molecular weight excluding hydrogens is 246 g/mol. The first-order valence-electron chi connectivity index (χ1n) is 6.18. The van der Waals surface area contributed by atoms with Crippen LogP contribution in [0.15, 0.2) is 12.1 Å². The van der Waals surface area contributed by atoms with Gasteiger partial charge in [-0.15, -0.1) is 0 Å². The van der Waals surface area contributed by atoms with Crippen molar-refractivity contribution in [2.45, 2.75) is 39.7 Å². The number of anilines is 1. The van der Waals surface area contributed by atoms with Crippen molar-refractivity contribution in [2.75, 3.05) is 5.32 Å². The number of nitrogens with one attached hydrogen (secondary N) is 1. The summed E-state index contributed by atoms with van der Waals surface area (Å²) in [5.74, 6) is -0.395. The molecule has 1 aromatic carbocycles. The normalized spacial score (nSPS) is 12.0. The van der Waals surface area contributed by atoms with Gasteiger partial charge in [0.2, 0.25) is 5.91 Å². The van der Waals surface area contributed by atoms with E-state index in [1.165, 1.54) is 6.07 Å². The first-order valence-corrected chi connectivity index (χ1v) is 6.18. The zero-order valence-electron chi connectivity index (χ0n) is 11.4. The van der Waals surface area contributed by atoms with Crippen LogP contribution in [0.3, 0.4) is 0 Å². The van der Waals surface area contributed by atoms with Crippen LogP contribution >= 0.6 is 0 Å². The minimum atomic E-state index is -0.647. The van der Waals surface area contributed by atoms with Gasteiger partial charge >= 0.3 is 0 Å². The zero-order chi connectivity index (χ0) is 14.6. The van der Waals surface area contributed by atoms with E-state index < -0.39 is 16.9 Å². The summed E-state index contributed by atoms with van der Waals surface area (Å²) in [7, 11) is 0. The first-order chi connectivity index (χ1) is 8.86. The Morgan fingerprint density at radius 3 is 2.53 bits per heavy atom. The van der Waals surface area contributed by atoms with Crippen LogP contribution in [0.4, 0.5) is 11.4 Å². The fourth-order valence-corrected chi connectivity index (χ4v) is 1.72. The molecule has 0 aromatic heterocycles. The number of hydrogen-bond acceptors (Lipinski definition) is 4. The molecule has 0 radical (unpaired) electrons. The third-order valence-corrected chi connectivity index (χ3v) is 3.00. The SMILES string of the molecule is CCCC(N)C(=O)Nc1cc(C)c(C)cc1[N+](=O)[O-]. The summed E-state index contributed by atoms with van der Waals surface area (Å²) in [5.41, 5.74) is 7.46. The molecular formula is C13H19N3O3. The molecule has 104 valence electrons. The summed E-state index contributed by atoms with van der Waals surface area (Å²) in [6, 6.07) is 2.41. The minimum absolute atomic E-state index is 0.111. The van der Waals surface area contributed by atoms with Gasteiger partial charge in [-0.1, -0.05) is 13.3 Å². The highest BCUT2D eigenvalue weighted by molar-refractivity contribution is 5.96. The molecule has 0 aliphatic rings. The maximum atomic E-state index is 11.8. The van der Waals surface area contributed by atoms with Crippen LogP contribution in [0.25, 0.3) is 0 Å². The first kappa shape index (κ1) is 15.1. The molecule has 1 amide bonds. The molecule has 0 spiro atoms. The summed E-state index contributed by atoms with van der Waals surface area (Å²) in [6.45, 7) is 5.54. The van der Waals surface area contributed by atoms with Gasteiger partial charge in [-0.2, -0.15) is 0 Å². The van der Waals surface area contributed by atoms with Gasteiger partial charge in [0.1, 0.15) is 5.69 Å². The maximum Gasteiger partial charge on any atom is 0.293 e. The third-order valence-electron chi connectivity index (χ3n) is 3.00. The number of carbonyl (C=O) groups is 1. The minimum Gasteiger partial charge on any atom is -0.320 e. The second-order valence-electron chi connectivity index (χ2n) is 4.60. The summed E-state index contributed by atoms with van der Waals surface area (Å²) >= 11 is 0. The van der Waals surface area contributed by atoms with Crippen molar-refractivity contribution in [1.82, 2.24) is 0 Å². The van der Waals surface area contributed by atoms with E-state index in [0.29, 0.717) is 6.42 Å². The van der Waals surface area contributed by atoms with Crippen molar-refractivity contribution in [3.8, 4) is 0 Å². The highest BCUT2D eigenvalue weighted by atomic mass is 16.6. The number of benzene rings is 1. The second-order valence-corrected chi connectivity index (χ2v) is 4.60. The fraction of sp³-hybridized carbons (Fsp3) is 0.462. The van der Waals surface area contributed by atoms with Crippen molar-refractivity contribution in [3.63, 3.8) is 0 Å². The van der Waals surface area contributed by atoms with Gasteiger partial charge in [0, 0.05) is 6.07 Å². The van der Waals surface area contributed by atoms with E-state index in [2.05, 4.69) is 5.32 Å². The zero-order valence-corrected chi connectivity index (χ0v) is 11.4. The summed E-state index contributed by atoms with van der Waals surface area (Å²) < 4.78 is 0. The number of amides is 1. The lowest BCUT2D eigenvalue weighted by Crippen LogP contribution is -2.35. The summed E-state index contributed by atoms with van der Waals surface area (Å²) in [4.78, 5) is 22.3. The molecule has 1 atom stereocenters. The Morgan fingerprint density at radius 1 is 1.42 bits per heavy atom. The van der Waals surface area contributed by atoms with Crippen molar-refractivity contribution < 1.29 is 9.72 Å². The Bertz CT molecular complexity index is 500. The highest BCUT2D eigenvalue weighted by Gasteiger charge is 2.20. The monoisotopic (exact) mass is 265 g/mol. The molecule has 1 aromatic rings. The van der Waals surface area contributed by atoms with Gasteiger partial charge in [0.05, 0.1) is 11.0 Å². The van der Waals surface area contributed by atoms with Crippen LogP contribution in [-0.4, -0.2) is 16.9 Å². The third kappa shape index (κ3) is 3.75.